The number of carbonyl (C=O) groups is 2. The van der Waals surface area contributed by atoms with Crippen LogP contribution in [0.4, 0.5) is 0 Å². The maximum Gasteiger partial charge on any atom is 0.246 e. The van der Waals surface area contributed by atoms with Gasteiger partial charge in [0.25, 0.3) is 0 Å². The minimum Gasteiger partial charge on any atom is -0.335 e. The zero-order valence-corrected chi connectivity index (χ0v) is 15.8. The Morgan fingerprint density at radius 2 is 1.83 bits per heavy atom. The van der Waals surface area contributed by atoms with Gasteiger partial charge in [0.2, 0.25) is 11.8 Å². The summed E-state index contributed by atoms with van der Waals surface area (Å²) in [5.41, 5.74) is 0. The molecule has 2 saturated carbocycles. The number of thioether (sulfide) groups is 1. The number of fused-ring (bicyclic) bond motifs is 1. The first-order chi connectivity index (χ1) is 11.5. The molecule has 134 valence electrons. The van der Waals surface area contributed by atoms with Crippen LogP contribution < -0.4 is 0 Å². The molecular formula is C19H30N2O2S. The summed E-state index contributed by atoms with van der Waals surface area (Å²) < 4.78 is 0. The van der Waals surface area contributed by atoms with Crippen LogP contribution in [0.15, 0.2) is 0 Å². The van der Waals surface area contributed by atoms with Gasteiger partial charge in [-0.1, -0.05) is 13.3 Å². The molecule has 2 heterocycles. The third-order valence-corrected chi connectivity index (χ3v) is 8.22. The molecule has 24 heavy (non-hydrogen) atoms. The van der Waals surface area contributed by atoms with Crippen molar-refractivity contribution < 1.29 is 9.59 Å². The molecular weight excluding hydrogens is 320 g/mol. The highest BCUT2D eigenvalue weighted by Gasteiger charge is 2.55. The molecule has 2 aliphatic heterocycles. The molecule has 2 unspecified atom stereocenters. The van der Waals surface area contributed by atoms with E-state index in [2.05, 4.69) is 18.7 Å². The molecule has 0 aromatic carbocycles. The van der Waals surface area contributed by atoms with Crippen molar-refractivity contribution in [1.82, 2.24) is 9.80 Å². The lowest BCUT2D eigenvalue weighted by Crippen LogP contribution is -2.55. The Morgan fingerprint density at radius 1 is 1.21 bits per heavy atom. The van der Waals surface area contributed by atoms with Gasteiger partial charge in [-0.25, -0.2) is 0 Å². The number of carbonyl (C=O) groups excluding carboxylic acids is 2. The van der Waals surface area contributed by atoms with Crippen LogP contribution >= 0.6 is 11.8 Å². The van der Waals surface area contributed by atoms with Crippen molar-refractivity contribution in [3.05, 3.63) is 0 Å². The van der Waals surface area contributed by atoms with Crippen molar-refractivity contribution in [2.45, 2.75) is 94.6 Å². The van der Waals surface area contributed by atoms with Crippen LogP contribution in [0.2, 0.25) is 0 Å². The van der Waals surface area contributed by atoms with Crippen LogP contribution in [0.1, 0.15) is 71.6 Å². The van der Waals surface area contributed by atoms with Gasteiger partial charge in [0.1, 0.15) is 6.04 Å². The van der Waals surface area contributed by atoms with Crippen molar-refractivity contribution in [1.29, 1.82) is 0 Å². The van der Waals surface area contributed by atoms with Crippen molar-refractivity contribution in [3.8, 4) is 0 Å². The highest BCUT2D eigenvalue weighted by atomic mass is 32.2. The van der Waals surface area contributed by atoms with E-state index in [1.807, 2.05) is 16.7 Å². The largest absolute Gasteiger partial charge is 0.335 e. The topological polar surface area (TPSA) is 40.6 Å². The van der Waals surface area contributed by atoms with Gasteiger partial charge in [-0.3, -0.25) is 9.59 Å². The van der Waals surface area contributed by atoms with Crippen molar-refractivity contribution in [3.63, 3.8) is 0 Å². The second-order valence-corrected chi connectivity index (χ2v) is 9.83. The standard InChI is InChI=1S/C19H30N2O2S/c1-3-13-4-6-14(7-5-13)20(15-8-9-15)18(23)16-12-24-19(2)11-10-17(22)21(16)19/h13-16H,3-12H2,1-2H3. The van der Waals surface area contributed by atoms with Gasteiger partial charge in [-0.05, 0) is 57.8 Å². The maximum absolute atomic E-state index is 13.4. The van der Waals surface area contributed by atoms with Gasteiger partial charge in [0.15, 0.2) is 0 Å². The van der Waals surface area contributed by atoms with Crippen molar-refractivity contribution >= 4 is 23.6 Å². The summed E-state index contributed by atoms with van der Waals surface area (Å²) in [6.07, 6.45) is 9.93. The molecule has 0 spiro atoms. The number of hydrogen-bond acceptors (Lipinski definition) is 3. The van der Waals surface area contributed by atoms with Gasteiger partial charge < -0.3 is 9.80 Å². The van der Waals surface area contributed by atoms with Gasteiger partial charge in [0.05, 0.1) is 4.87 Å². The molecule has 0 aromatic heterocycles. The Hall–Kier alpha value is -0.710. The van der Waals surface area contributed by atoms with Gasteiger partial charge in [-0.15, -0.1) is 11.8 Å². The maximum atomic E-state index is 13.4. The Morgan fingerprint density at radius 3 is 2.42 bits per heavy atom. The molecule has 0 radical (unpaired) electrons. The summed E-state index contributed by atoms with van der Waals surface area (Å²) in [6, 6.07) is 0.664. The molecule has 5 heteroatoms. The Balaban J connectivity index is 1.50. The van der Waals surface area contributed by atoms with E-state index < -0.39 is 0 Å². The summed E-state index contributed by atoms with van der Waals surface area (Å²) in [5, 5.41) is 0. The van der Waals surface area contributed by atoms with Crippen molar-refractivity contribution in [2.75, 3.05) is 5.75 Å². The first kappa shape index (κ1) is 16.7. The smallest absolute Gasteiger partial charge is 0.246 e. The number of nitrogens with zero attached hydrogens (tertiary/aromatic N) is 2. The minimum atomic E-state index is -0.209. The second-order valence-electron chi connectivity index (χ2n) is 8.33. The minimum absolute atomic E-state index is 0.132. The monoisotopic (exact) mass is 350 g/mol. The predicted octanol–water partition coefficient (Wildman–Crippen LogP) is 3.40. The van der Waals surface area contributed by atoms with E-state index in [0.717, 1.165) is 43.8 Å². The quantitative estimate of drug-likeness (QED) is 0.780. The molecule has 2 amide bonds. The lowest BCUT2D eigenvalue weighted by molar-refractivity contribution is -0.146. The summed E-state index contributed by atoms with van der Waals surface area (Å²) in [7, 11) is 0. The van der Waals surface area contributed by atoms with E-state index in [1.54, 1.807) is 0 Å². The third-order valence-electron chi connectivity index (χ3n) is 6.71. The lowest BCUT2D eigenvalue weighted by atomic mass is 9.83. The fourth-order valence-electron chi connectivity index (χ4n) is 5.02. The molecule has 2 atom stereocenters. The van der Waals surface area contributed by atoms with E-state index in [0.29, 0.717) is 18.5 Å². The van der Waals surface area contributed by atoms with Crippen LogP contribution in [-0.4, -0.2) is 50.4 Å². The molecule has 0 N–H and O–H groups in total. The van der Waals surface area contributed by atoms with Gasteiger partial charge >= 0.3 is 0 Å². The molecule has 0 bridgehead atoms. The molecule has 2 saturated heterocycles. The van der Waals surface area contributed by atoms with Crippen LogP contribution in [-0.2, 0) is 9.59 Å². The Labute approximate surface area is 149 Å². The summed E-state index contributed by atoms with van der Waals surface area (Å²) in [5.74, 6) is 2.08. The number of amides is 2. The van der Waals surface area contributed by atoms with Crippen molar-refractivity contribution in [2.24, 2.45) is 5.92 Å². The second kappa shape index (κ2) is 6.22. The SMILES string of the molecule is CCC1CCC(N(C(=O)C2CSC3(C)CCC(=O)N23)C2CC2)CC1. The van der Waals surface area contributed by atoms with Gasteiger partial charge in [0, 0.05) is 24.3 Å². The van der Waals surface area contributed by atoms with E-state index in [4.69, 9.17) is 0 Å². The predicted molar refractivity (Wildman–Crippen MR) is 96.6 cm³/mol. The van der Waals surface area contributed by atoms with E-state index in [-0.39, 0.29) is 22.7 Å². The molecule has 4 nitrogen and oxygen atoms in total. The van der Waals surface area contributed by atoms with Crippen LogP contribution in [0.5, 0.6) is 0 Å². The summed E-state index contributed by atoms with van der Waals surface area (Å²) in [6.45, 7) is 4.42. The average Bonchev–Trinajstić information content (AvgIpc) is 3.29. The number of rotatable bonds is 4. The normalized spacial score (nSPS) is 39.2. The summed E-state index contributed by atoms with van der Waals surface area (Å²) in [4.78, 5) is 29.8. The van der Waals surface area contributed by atoms with Crippen LogP contribution in [0, 0.1) is 5.92 Å². The lowest BCUT2D eigenvalue weighted by Gasteiger charge is -2.40. The highest BCUT2D eigenvalue weighted by Crippen LogP contribution is 2.48. The molecule has 4 aliphatic rings. The van der Waals surface area contributed by atoms with E-state index in [1.165, 1.54) is 19.3 Å². The fraction of sp³-hybridized carbons (Fsp3) is 0.895. The zero-order chi connectivity index (χ0) is 16.9. The Kier molecular flexibility index (Phi) is 4.34. The average molecular weight is 351 g/mol. The van der Waals surface area contributed by atoms with Crippen LogP contribution in [0.25, 0.3) is 0 Å². The summed E-state index contributed by atoms with van der Waals surface area (Å²) >= 11 is 1.81. The fourth-order valence-corrected chi connectivity index (χ4v) is 6.44. The Bertz CT molecular complexity index is 527. The first-order valence-corrected chi connectivity index (χ1v) is 10.8. The van der Waals surface area contributed by atoms with Gasteiger partial charge in [-0.2, -0.15) is 0 Å². The zero-order valence-electron chi connectivity index (χ0n) is 15.0. The molecule has 0 aromatic rings. The first-order valence-electron chi connectivity index (χ1n) is 9.82. The highest BCUT2D eigenvalue weighted by molar-refractivity contribution is 8.01. The number of hydrogen-bond donors (Lipinski definition) is 0. The van der Waals surface area contributed by atoms with E-state index >= 15 is 0 Å². The molecule has 4 rings (SSSR count). The van der Waals surface area contributed by atoms with E-state index in [9.17, 15) is 9.59 Å². The molecule has 2 aliphatic carbocycles. The molecule has 4 fully saturated rings. The third kappa shape index (κ3) is 2.77. The van der Waals surface area contributed by atoms with Crippen LogP contribution in [0.3, 0.4) is 0 Å².